The summed E-state index contributed by atoms with van der Waals surface area (Å²) < 4.78 is 18.6. The number of carbonyl (C=O) groups excluding carboxylic acids is 1. The highest BCUT2D eigenvalue weighted by molar-refractivity contribution is 6.01. The summed E-state index contributed by atoms with van der Waals surface area (Å²) in [6.45, 7) is 1.13. The van der Waals surface area contributed by atoms with Gasteiger partial charge in [-0.3, -0.25) is 4.79 Å². The monoisotopic (exact) mass is 374 g/mol. The lowest BCUT2D eigenvalue weighted by molar-refractivity contribution is 0.0995. The van der Waals surface area contributed by atoms with E-state index < -0.39 is 11.7 Å². The maximum Gasteiger partial charge on any atom is 0.295 e. The van der Waals surface area contributed by atoms with E-state index in [1.807, 2.05) is 29.2 Å². The predicted molar refractivity (Wildman–Crippen MR) is 106 cm³/mol. The van der Waals surface area contributed by atoms with Gasteiger partial charge in [0.05, 0.1) is 7.11 Å². The van der Waals surface area contributed by atoms with E-state index in [1.54, 1.807) is 0 Å². The topological polar surface area (TPSA) is 41.9 Å². The number of ether oxygens (including phenoxy) is 1. The Balaban J connectivity index is 1.71. The molecule has 1 aliphatic rings. The van der Waals surface area contributed by atoms with E-state index in [0.29, 0.717) is 18.7 Å². The van der Waals surface area contributed by atoms with Crippen molar-refractivity contribution < 1.29 is 13.9 Å². The molecule has 0 atom stereocenters. The molecule has 0 N–H and O–H groups in total. The molecule has 4 nitrogen and oxygen atoms in total. The number of carbonyl (C=O) groups is 1. The first-order chi connectivity index (χ1) is 13.7. The van der Waals surface area contributed by atoms with Crippen LogP contribution in [0.25, 0.3) is 11.1 Å². The molecule has 0 radical (unpaired) electrons. The van der Waals surface area contributed by atoms with Crippen molar-refractivity contribution in [2.45, 2.75) is 13.1 Å². The molecule has 0 saturated heterocycles. The molecule has 4 rings (SSSR count). The number of amides is 1. The Kier molecular flexibility index (Phi) is 4.89. The van der Waals surface area contributed by atoms with Gasteiger partial charge in [-0.15, -0.1) is 0 Å². The zero-order chi connectivity index (χ0) is 19.5. The van der Waals surface area contributed by atoms with Crippen molar-refractivity contribution in [3.63, 3.8) is 0 Å². The summed E-state index contributed by atoms with van der Waals surface area (Å²) in [7, 11) is 1.50. The van der Waals surface area contributed by atoms with Crippen LogP contribution in [-0.4, -0.2) is 23.9 Å². The summed E-state index contributed by atoms with van der Waals surface area (Å²) in [6.07, 6.45) is 0. The minimum atomic E-state index is -0.470. The second-order valence-corrected chi connectivity index (χ2v) is 6.58. The number of amidine groups is 1. The number of benzene rings is 3. The SMILES string of the molecule is COC(=NC(=O)c1ccc(F)cc1)N1Cc2ccccc2-c2ccccc2C1. The Labute approximate surface area is 162 Å². The molecular formula is C23H19FN2O2. The Morgan fingerprint density at radius 2 is 1.43 bits per heavy atom. The highest BCUT2D eigenvalue weighted by Gasteiger charge is 2.22. The minimum absolute atomic E-state index is 0.237. The molecule has 0 bridgehead atoms. The van der Waals surface area contributed by atoms with Gasteiger partial charge in [0, 0.05) is 18.7 Å². The minimum Gasteiger partial charge on any atom is -0.468 e. The fraction of sp³-hybridized carbons (Fsp3) is 0.130. The Morgan fingerprint density at radius 3 is 1.96 bits per heavy atom. The highest BCUT2D eigenvalue weighted by Crippen LogP contribution is 2.32. The molecule has 0 aliphatic carbocycles. The number of nitrogens with zero attached hydrogens (tertiary/aromatic N) is 2. The molecule has 5 heteroatoms. The van der Waals surface area contributed by atoms with Gasteiger partial charge in [0.2, 0.25) is 0 Å². The third-order valence-electron chi connectivity index (χ3n) is 4.79. The van der Waals surface area contributed by atoms with Gasteiger partial charge in [-0.05, 0) is 46.5 Å². The second kappa shape index (κ2) is 7.64. The molecular weight excluding hydrogens is 355 g/mol. The predicted octanol–water partition coefficient (Wildman–Crippen LogP) is 4.65. The van der Waals surface area contributed by atoms with Crippen molar-refractivity contribution in [2.24, 2.45) is 4.99 Å². The van der Waals surface area contributed by atoms with Gasteiger partial charge in [0.15, 0.2) is 0 Å². The molecule has 1 heterocycles. The maximum absolute atomic E-state index is 13.1. The molecule has 0 unspecified atom stereocenters. The van der Waals surface area contributed by atoms with E-state index in [4.69, 9.17) is 4.74 Å². The van der Waals surface area contributed by atoms with Crippen molar-refractivity contribution in [2.75, 3.05) is 7.11 Å². The number of hydrogen-bond donors (Lipinski definition) is 0. The summed E-state index contributed by atoms with van der Waals surface area (Å²) >= 11 is 0. The van der Waals surface area contributed by atoms with Crippen LogP contribution in [0.15, 0.2) is 77.8 Å². The number of rotatable bonds is 1. The zero-order valence-corrected chi connectivity index (χ0v) is 15.4. The van der Waals surface area contributed by atoms with E-state index in [1.165, 1.54) is 42.5 Å². The van der Waals surface area contributed by atoms with Crippen molar-refractivity contribution >= 4 is 11.9 Å². The van der Waals surface area contributed by atoms with Gasteiger partial charge in [-0.25, -0.2) is 4.39 Å². The van der Waals surface area contributed by atoms with E-state index in [0.717, 1.165) is 11.1 Å². The zero-order valence-electron chi connectivity index (χ0n) is 15.4. The third-order valence-corrected chi connectivity index (χ3v) is 4.79. The first kappa shape index (κ1) is 17.9. The van der Waals surface area contributed by atoms with Crippen LogP contribution in [0.4, 0.5) is 4.39 Å². The molecule has 0 aromatic heterocycles. The lowest BCUT2D eigenvalue weighted by atomic mass is 9.97. The number of halogens is 1. The largest absolute Gasteiger partial charge is 0.468 e. The van der Waals surface area contributed by atoms with Crippen LogP contribution in [-0.2, 0) is 17.8 Å². The van der Waals surface area contributed by atoms with Gasteiger partial charge in [0.1, 0.15) is 5.82 Å². The van der Waals surface area contributed by atoms with Crippen molar-refractivity contribution in [3.05, 3.63) is 95.3 Å². The summed E-state index contributed by atoms with van der Waals surface area (Å²) in [5, 5.41) is 0. The molecule has 1 amide bonds. The van der Waals surface area contributed by atoms with Crippen LogP contribution in [0.3, 0.4) is 0 Å². The third kappa shape index (κ3) is 3.51. The normalized spacial score (nSPS) is 13.4. The average Bonchev–Trinajstić information content (AvgIpc) is 2.89. The fourth-order valence-electron chi connectivity index (χ4n) is 3.43. The number of aliphatic imine (C=N–C) groups is 1. The lowest BCUT2D eigenvalue weighted by Gasteiger charge is -2.23. The standard InChI is InChI=1S/C23H19FN2O2/c1-28-23(25-22(27)16-10-12-19(24)13-11-16)26-14-17-6-2-4-8-20(17)21-9-5-3-7-18(21)15-26/h2-13H,14-15H2,1H3. The van der Waals surface area contributed by atoms with E-state index in [-0.39, 0.29) is 6.02 Å². The van der Waals surface area contributed by atoms with Crippen LogP contribution in [0.2, 0.25) is 0 Å². The van der Waals surface area contributed by atoms with Crippen molar-refractivity contribution in [1.29, 1.82) is 0 Å². The molecule has 1 aliphatic heterocycles. The van der Waals surface area contributed by atoms with Gasteiger partial charge in [0.25, 0.3) is 11.9 Å². The Bertz CT molecular complexity index is 997. The number of hydrogen-bond acceptors (Lipinski definition) is 2. The Hall–Kier alpha value is -3.47. The summed E-state index contributed by atoms with van der Waals surface area (Å²) in [6, 6.07) is 21.9. The van der Waals surface area contributed by atoms with Gasteiger partial charge in [-0.2, -0.15) is 4.99 Å². The molecule has 140 valence electrons. The van der Waals surface area contributed by atoms with Gasteiger partial charge in [-0.1, -0.05) is 48.5 Å². The lowest BCUT2D eigenvalue weighted by Crippen LogP contribution is -2.31. The van der Waals surface area contributed by atoms with Crippen LogP contribution in [0, 0.1) is 5.82 Å². The quantitative estimate of drug-likeness (QED) is 0.460. The second-order valence-electron chi connectivity index (χ2n) is 6.58. The maximum atomic E-state index is 13.1. The van der Waals surface area contributed by atoms with E-state index in [9.17, 15) is 9.18 Å². The number of methoxy groups -OCH3 is 1. The van der Waals surface area contributed by atoms with Crippen LogP contribution >= 0.6 is 0 Å². The fourth-order valence-corrected chi connectivity index (χ4v) is 3.43. The molecule has 28 heavy (non-hydrogen) atoms. The molecule has 3 aromatic rings. The first-order valence-electron chi connectivity index (χ1n) is 8.99. The summed E-state index contributed by atoms with van der Waals surface area (Å²) in [5.41, 5.74) is 4.91. The molecule has 3 aromatic carbocycles. The van der Waals surface area contributed by atoms with Crippen LogP contribution in [0.1, 0.15) is 21.5 Å². The first-order valence-corrected chi connectivity index (χ1v) is 8.99. The van der Waals surface area contributed by atoms with Crippen LogP contribution in [0.5, 0.6) is 0 Å². The van der Waals surface area contributed by atoms with Crippen molar-refractivity contribution in [1.82, 2.24) is 4.90 Å². The summed E-state index contributed by atoms with van der Waals surface area (Å²) in [5.74, 6) is -0.865. The summed E-state index contributed by atoms with van der Waals surface area (Å²) in [4.78, 5) is 18.6. The number of fused-ring (bicyclic) bond motifs is 3. The highest BCUT2D eigenvalue weighted by atomic mass is 19.1. The smallest absolute Gasteiger partial charge is 0.295 e. The van der Waals surface area contributed by atoms with Crippen molar-refractivity contribution in [3.8, 4) is 11.1 Å². The molecule has 0 spiro atoms. The van der Waals surface area contributed by atoms with Crippen LogP contribution < -0.4 is 0 Å². The van der Waals surface area contributed by atoms with Gasteiger partial charge < -0.3 is 9.64 Å². The van der Waals surface area contributed by atoms with E-state index in [2.05, 4.69) is 29.3 Å². The van der Waals surface area contributed by atoms with E-state index >= 15 is 0 Å². The molecule has 0 saturated carbocycles. The van der Waals surface area contributed by atoms with Gasteiger partial charge >= 0.3 is 0 Å². The molecule has 0 fully saturated rings. The average molecular weight is 374 g/mol. The Morgan fingerprint density at radius 1 is 0.893 bits per heavy atom.